The maximum absolute atomic E-state index is 12.4. The van der Waals surface area contributed by atoms with E-state index >= 15 is 0 Å². The standard InChI is InChI=1S/C13H15N3O2S2/c1-8-5-6-9(14)7-12(8)20(17,18)16-13-15-10-3-2-4-11(10)19-13/h5-7H,2-4,14H2,1H3,(H,15,16). The number of rotatable bonds is 3. The molecular formula is C13H15N3O2S2. The molecule has 1 aliphatic carbocycles. The van der Waals surface area contributed by atoms with E-state index in [0.717, 1.165) is 25.0 Å². The number of nitrogens with zero attached hydrogens (tertiary/aromatic N) is 1. The van der Waals surface area contributed by atoms with Crippen molar-refractivity contribution in [2.45, 2.75) is 31.1 Å². The van der Waals surface area contributed by atoms with Gasteiger partial charge in [0.2, 0.25) is 0 Å². The Morgan fingerprint density at radius 1 is 1.35 bits per heavy atom. The lowest BCUT2D eigenvalue weighted by Gasteiger charge is -2.09. The molecular weight excluding hydrogens is 294 g/mol. The minimum Gasteiger partial charge on any atom is -0.399 e. The van der Waals surface area contributed by atoms with Gasteiger partial charge in [0.05, 0.1) is 10.6 Å². The minimum atomic E-state index is -3.64. The van der Waals surface area contributed by atoms with Gasteiger partial charge in [0, 0.05) is 10.6 Å². The average molecular weight is 309 g/mol. The molecule has 3 rings (SSSR count). The summed E-state index contributed by atoms with van der Waals surface area (Å²) in [5.41, 5.74) is 7.79. The first kappa shape index (κ1) is 13.4. The highest BCUT2D eigenvalue weighted by atomic mass is 32.2. The smallest absolute Gasteiger partial charge is 0.264 e. The number of benzene rings is 1. The molecule has 0 saturated heterocycles. The zero-order chi connectivity index (χ0) is 14.3. The van der Waals surface area contributed by atoms with Crippen LogP contribution in [0.1, 0.15) is 22.6 Å². The van der Waals surface area contributed by atoms with Gasteiger partial charge in [0.25, 0.3) is 10.0 Å². The quantitative estimate of drug-likeness (QED) is 0.852. The molecule has 0 amide bonds. The third kappa shape index (κ3) is 2.38. The van der Waals surface area contributed by atoms with Crippen LogP contribution in [0.3, 0.4) is 0 Å². The normalized spacial score (nSPS) is 14.2. The van der Waals surface area contributed by atoms with Crippen molar-refractivity contribution < 1.29 is 8.42 Å². The van der Waals surface area contributed by atoms with Crippen LogP contribution in [-0.2, 0) is 22.9 Å². The van der Waals surface area contributed by atoms with Crippen molar-refractivity contribution in [3.05, 3.63) is 34.3 Å². The number of anilines is 2. The Hall–Kier alpha value is -1.60. The first-order valence-electron chi connectivity index (χ1n) is 6.33. The van der Waals surface area contributed by atoms with Crippen molar-refractivity contribution in [2.24, 2.45) is 0 Å². The maximum atomic E-state index is 12.4. The molecule has 7 heteroatoms. The minimum absolute atomic E-state index is 0.202. The van der Waals surface area contributed by atoms with Gasteiger partial charge in [0.1, 0.15) is 0 Å². The summed E-state index contributed by atoms with van der Waals surface area (Å²) in [5, 5.41) is 0.441. The molecule has 1 aliphatic rings. The topological polar surface area (TPSA) is 85.1 Å². The highest BCUT2D eigenvalue weighted by Gasteiger charge is 2.22. The number of nitrogen functional groups attached to an aromatic ring is 1. The van der Waals surface area contributed by atoms with Crippen LogP contribution in [0.15, 0.2) is 23.1 Å². The van der Waals surface area contributed by atoms with E-state index < -0.39 is 10.0 Å². The fourth-order valence-electron chi connectivity index (χ4n) is 2.31. The number of nitrogens with one attached hydrogen (secondary N) is 1. The monoisotopic (exact) mass is 309 g/mol. The summed E-state index contributed by atoms with van der Waals surface area (Å²) in [5.74, 6) is 0. The van der Waals surface area contributed by atoms with Crippen molar-refractivity contribution in [1.82, 2.24) is 4.98 Å². The zero-order valence-electron chi connectivity index (χ0n) is 11.0. The SMILES string of the molecule is Cc1ccc(N)cc1S(=O)(=O)Nc1nc2c(s1)CCC2. The Morgan fingerprint density at radius 3 is 2.90 bits per heavy atom. The van der Waals surface area contributed by atoms with Gasteiger partial charge in [-0.25, -0.2) is 13.4 Å². The third-order valence-electron chi connectivity index (χ3n) is 3.32. The second-order valence-corrected chi connectivity index (χ2v) is 7.61. The van der Waals surface area contributed by atoms with Gasteiger partial charge in [-0.2, -0.15) is 0 Å². The number of hydrogen-bond donors (Lipinski definition) is 2. The lowest BCUT2D eigenvalue weighted by molar-refractivity contribution is 0.600. The second-order valence-electron chi connectivity index (χ2n) is 4.87. The Labute approximate surface area is 121 Å². The van der Waals surface area contributed by atoms with E-state index in [0.29, 0.717) is 16.4 Å². The Kier molecular flexibility index (Phi) is 3.18. The van der Waals surface area contributed by atoms with Crippen LogP contribution in [0, 0.1) is 6.92 Å². The predicted molar refractivity (Wildman–Crippen MR) is 80.5 cm³/mol. The highest BCUT2D eigenvalue weighted by Crippen LogP contribution is 2.32. The number of nitrogens with two attached hydrogens (primary N) is 1. The lowest BCUT2D eigenvalue weighted by atomic mass is 10.2. The summed E-state index contributed by atoms with van der Waals surface area (Å²) in [6.45, 7) is 1.75. The number of fused-ring (bicyclic) bond motifs is 1. The molecule has 1 aromatic carbocycles. The van der Waals surface area contributed by atoms with Gasteiger partial charge in [0.15, 0.2) is 5.13 Å². The van der Waals surface area contributed by atoms with Crippen LogP contribution in [-0.4, -0.2) is 13.4 Å². The van der Waals surface area contributed by atoms with E-state index in [1.165, 1.54) is 22.3 Å². The van der Waals surface area contributed by atoms with Crippen molar-refractivity contribution in [3.8, 4) is 0 Å². The van der Waals surface area contributed by atoms with Crippen molar-refractivity contribution >= 4 is 32.2 Å². The summed E-state index contributed by atoms with van der Waals surface area (Å²) < 4.78 is 27.4. The van der Waals surface area contributed by atoms with E-state index in [1.807, 2.05) is 0 Å². The molecule has 0 bridgehead atoms. The summed E-state index contributed by atoms with van der Waals surface area (Å²) in [7, 11) is -3.64. The molecule has 1 aromatic heterocycles. The van der Waals surface area contributed by atoms with Crippen LogP contribution < -0.4 is 10.5 Å². The molecule has 0 atom stereocenters. The third-order valence-corrected chi connectivity index (χ3v) is 6.00. The summed E-state index contributed by atoms with van der Waals surface area (Å²) >= 11 is 1.42. The largest absolute Gasteiger partial charge is 0.399 e. The van der Waals surface area contributed by atoms with Crippen molar-refractivity contribution in [3.63, 3.8) is 0 Å². The van der Waals surface area contributed by atoms with E-state index in [-0.39, 0.29) is 4.90 Å². The summed E-state index contributed by atoms with van der Waals surface area (Å²) in [4.78, 5) is 5.74. The van der Waals surface area contributed by atoms with Crippen molar-refractivity contribution in [1.29, 1.82) is 0 Å². The second kappa shape index (κ2) is 4.75. The molecule has 0 fully saturated rings. The van der Waals surface area contributed by atoms with Gasteiger partial charge >= 0.3 is 0 Å². The lowest BCUT2D eigenvalue weighted by Crippen LogP contribution is -2.14. The Morgan fingerprint density at radius 2 is 2.15 bits per heavy atom. The average Bonchev–Trinajstić information content (AvgIpc) is 2.92. The number of aryl methyl sites for hydroxylation is 3. The van der Waals surface area contributed by atoms with E-state index in [9.17, 15) is 8.42 Å². The first-order chi connectivity index (χ1) is 9.45. The maximum Gasteiger partial charge on any atom is 0.264 e. The van der Waals surface area contributed by atoms with E-state index in [4.69, 9.17) is 5.73 Å². The van der Waals surface area contributed by atoms with Gasteiger partial charge in [-0.15, -0.1) is 11.3 Å². The van der Waals surface area contributed by atoms with E-state index in [2.05, 4.69) is 9.71 Å². The molecule has 0 unspecified atom stereocenters. The fraction of sp³-hybridized carbons (Fsp3) is 0.308. The number of thiazole rings is 1. The molecule has 3 N–H and O–H groups in total. The number of sulfonamides is 1. The van der Waals surface area contributed by atoms with Crippen LogP contribution in [0.25, 0.3) is 0 Å². The van der Waals surface area contributed by atoms with Crippen molar-refractivity contribution in [2.75, 3.05) is 10.5 Å². The summed E-state index contributed by atoms with van der Waals surface area (Å²) in [6, 6.07) is 4.86. The van der Waals surface area contributed by atoms with Crippen LogP contribution >= 0.6 is 11.3 Å². The fourth-order valence-corrected chi connectivity index (χ4v) is 4.88. The van der Waals surface area contributed by atoms with Crippen LogP contribution in [0.2, 0.25) is 0 Å². The molecule has 20 heavy (non-hydrogen) atoms. The molecule has 0 aliphatic heterocycles. The molecule has 106 valence electrons. The predicted octanol–water partition coefficient (Wildman–Crippen LogP) is 2.32. The van der Waals surface area contributed by atoms with E-state index in [1.54, 1.807) is 19.1 Å². The molecule has 0 radical (unpaired) electrons. The molecule has 1 heterocycles. The van der Waals surface area contributed by atoms with Crippen LogP contribution in [0.5, 0.6) is 0 Å². The first-order valence-corrected chi connectivity index (χ1v) is 8.63. The zero-order valence-corrected chi connectivity index (χ0v) is 12.6. The molecule has 2 aromatic rings. The van der Waals surface area contributed by atoms with Crippen LogP contribution in [0.4, 0.5) is 10.8 Å². The molecule has 0 spiro atoms. The highest BCUT2D eigenvalue weighted by molar-refractivity contribution is 7.93. The molecule has 5 nitrogen and oxygen atoms in total. The summed E-state index contributed by atoms with van der Waals surface area (Å²) in [6.07, 6.45) is 3.03. The number of aromatic nitrogens is 1. The number of hydrogen-bond acceptors (Lipinski definition) is 5. The van der Waals surface area contributed by atoms with Gasteiger partial charge in [-0.3, -0.25) is 4.72 Å². The van der Waals surface area contributed by atoms with Gasteiger partial charge < -0.3 is 5.73 Å². The Bertz CT molecular complexity index is 744. The van der Waals surface area contributed by atoms with Gasteiger partial charge in [-0.1, -0.05) is 6.07 Å². The molecule has 0 saturated carbocycles. The van der Waals surface area contributed by atoms with Gasteiger partial charge in [-0.05, 0) is 43.9 Å². The Balaban J connectivity index is 1.93.